The van der Waals surface area contributed by atoms with Crippen molar-refractivity contribution in [1.82, 2.24) is 9.78 Å². The molecule has 4 nitrogen and oxygen atoms in total. The first-order chi connectivity index (χ1) is 6.29. The summed E-state index contributed by atoms with van der Waals surface area (Å²) in [6.45, 7) is 3.69. The van der Waals surface area contributed by atoms with Gasteiger partial charge < -0.3 is 10.5 Å². The van der Waals surface area contributed by atoms with Crippen molar-refractivity contribution in [3.05, 3.63) is 11.9 Å². The number of hydrogen-bond donors (Lipinski definition) is 1. The number of nitrogens with two attached hydrogens (primary N) is 1. The second kappa shape index (κ2) is 3.38. The fourth-order valence-electron chi connectivity index (χ4n) is 1.73. The summed E-state index contributed by atoms with van der Waals surface area (Å²) >= 11 is 0. The molecule has 2 N–H and O–H groups in total. The molecule has 0 saturated carbocycles. The summed E-state index contributed by atoms with van der Waals surface area (Å²) in [7, 11) is 0. The van der Waals surface area contributed by atoms with E-state index in [1.165, 1.54) is 0 Å². The third-order valence-electron chi connectivity index (χ3n) is 2.62. The van der Waals surface area contributed by atoms with Crippen LogP contribution in [0.25, 0.3) is 0 Å². The molecule has 1 saturated heterocycles. The maximum atomic E-state index is 5.73. The Balaban J connectivity index is 2.18. The van der Waals surface area contributed by atoms with Crippen LogP contribution in [0.4, 0.5) is 5.69 Å². The fraction of sp³-hybridized carbons (Fsp3) is 0.667. The molecule has 0 atom stereocenters. The van der Waals surface area contributed by atoms with Gasteiger partial charge in [-0.25, -0.2) is 0 Å². The zero-order chi connectivity index (χ0) is 9.26. The minimum atomic E-state index is 0.478. The highest BCUT2D eigenvalue weighted by molar-refractivity contribution is 5.39. The van der Waals surface area contributed by atoms with E-state index in [1.807, 2.05) is 11.6 Å². The van der Waals surface area contributed by atoms with Crippen LogP contribution in [0, 0.1) is 6.92 Å². The molecule has 0 unspecified atom stereocenters. The summed E-state index contributed by atoms with van der Waals surface area (Å²) in [5.74, 6) is 0. The molecule has 0 aromatic carbocycles. The second-order valence-corrected chi connectivity index (χ2v) is 3.47. The quantitative estimate of drug-likeness (QED) is 0.706. The highest BCUT2D eigenvalue weighted by atomic mass is 16.5. The van der Waals surface area contributed by atoms with Crippen LogP contribution in [0.3, 0.4) is 0 Å². The van der Waals surface area contributed by atoms with E-state index in [0.717, 1.165) is 37.4 Å². The molecule has 0 spiro atoms. The van der Waals surface area contributed by atoms with Gasteiger partial charge in [0, 0.05) is 13.2 Å². The Hall–Kier alpha value is -1.03. The Bertz CT molecular complexity index is 289. The van der Waals surface area contributed by atoms with E-state index in [2.05, 4.69) is 5.10 Å². The van der Waals surface area contributed by atoms with Crippen LogP contribution >= 0.6 is 0 Å². The average molecular weight is 181 g/mol. The zero-order valence-electron chi connectivity index (χ0n) is 7.86. The highest BCUT2D eigenvalue weighted by Crippen LogP contribution is 2.23. The molecule has 72 valence electrons. The Morgan fingerprint density at radius 3 is 2.77 bits per heavy atom. The van der Waals surface area contributed by atoms with Gasteiger partial charge in [-0.1, -0.05) is 0 Å². The summed E-state index contributed by atoms with van der Waals surface area (Å²) in [6.07, 6.45) is 3.81. The molecule has 0 bridgehead atoms. The first-order valence-electron chi connectivity index (χ1n) is 4.66. The second-order valence-electron chi connectivity index (χ2n) is 3.47. The molecule has 0 radical (unpaired) electrons. The van der Waals surface area contributed by atoms with E-state index < -0.39 is 0 Å². The lowest BCUT2D eigenvalue weighted by molar-refractivity contribution is 0.0657. The van der Waals surface area contributed by atoms with Crippen LogP contribution in [0.15, 0.2) is 6.20 Å². The predicted molar refractivity (Wildman–Crippen MR) is 50.5 cm³/mol. The van der Waals surface area contributed by atoms with E-state index in [0.29, 0.717) is 6.04 Å². The number of aromatic nitrogens is 2. The summed E-state index contributed by atoms with van der Waals surface area (Å²) in [4.78, 5) is 0. The number of anilines is 1. The van der Waals surface area contributed by atoms with Gasteiger partial charge in [-0.3, -0.25) is 4.68 Å². The van der Waals surface area contributed by atoms with Crippen molar-refractivity contribution in [2.45, 2.75) is 25.8 Å². The zero-order valence-corrected chi connectivity index (χ0v) is 7.86. The van der Waals surface area contributed by atoms with Crippen LogP contribution < -0.4 is 5.73 Å². The molecule has 13 heavy (non-hydrogen) atoms. The van der Waals surface area contributed by atoms with Crippen LogP contribution in [-0.4, -0.2) is 23.0 Å². The molecule has 1 aliphatic heterocycles. The number of ether oxygens (including phenoxy) is 1. The standard InChI is InChI=1S/C9H15N3O/c1-7-9(10)6-11-12(7)8-2-4-13-5-3-8/h6,8H,2-5,10H2,1H3. The molecule has 2 heterocycles. The highest BCUT2D eigenvalue weighted by Gasteiger charge is 2.18. The average Bonchev–Trinajstić information content (AvgIpc) is 2.49. The number of rotatable bonds is 1. The molecular formula is C9H15N3O. The smallest absolute Gasteiger partial charge is 0.0730 e. The maximum absolute atomic E-state index is 5.73. The van der Waals surface area contributed by atoms with Crippen molar-refractivity contribution in [3.8, 4) is 0 Å². The monoisotopic (exact) mass is 181 g/mol. The normalized spacial score (nSPS) is 19.2. The van der Waals surface area contributed by atoms with E-state index in [4.69, 9.17) is 10.5 Å². The van der Waals surface area contributed by atoms with Crippen LogP contribution in [-0.2, 0) is 4.74 Å². The molecule has 1 fully saturated rings. The lowest BCUT2D eigenvalue weighted by Gasteiger charge is -2.23. The van der Waals surface area contributed by atoms with Gasteiger partial charge in [0.25, 0.3) is 0 Å². The first-order valence-corrected chi connectivity index (χ1v) is 4.66. The van der Waals surface area contributed by atoms with Crippen molar-refractivity contribution in [2.75, 3.05) is 18.9 Å². The summed E-state index contributed by atoms with van der Waals surface area (Å²) < 4.78 is 7.32. The van der Waals surface area contributed by atoms with Crippen molar-refractivity contribution in [2.24, 2.45) is 0 Å². The lowest BCUT2D eigenvalue weighted by atomic mass is 10.1. The Labute approximate surface area is 77.7 Å². The van der Waals surface area contributed by atoms with Crippen molar-refractivity contribution in [3.63, 3.8) is 0 Å². The summed E-state index contributed by atoms with van der Waals surface area (Å²) in [6, 6.07) is 0.478. The minimum absolute atomic E-state index is 0.478. The predicted octanol–water partition coefficient (Wildman–Crippen LogP) is 1.13. The maximum Gasteiger partial charge on any atom is 0.0730 e. The minimum Gasteiger partial charge on any atom is -0.396 e. The largest absolute Gasteiger partial charge is 0.396 e. The first kappa shape index (κ1) is 8.56. The van der Waals surface area contributed by atoms with E-state index in [9.17, 15) is 0 Å². The Kier molecular flexibility index (Phi) is 2.22. The van der Waals surface area contributed by atoms with E-state index in [-0.39, 0.29) is 0 Å². The third-order valence-corrected chi connectivity index (χ3v) is 2.62. The van der Waals surface area contributed by atoms with Gasteiger partial charge in [-0.2, -0.15) is 5.10 Å². The lowest BCUT2D eigenvalue weighted by Crippen LogP contribution is -2.21. The van der Waals surface area contributed by atoms with Crippen LogP contribution in [0.5, 0.6) is 0 Å². The van der Waals surface area contributed by atoms with Gasteiger partial charge in [0.2, 0.25) is 0 Å². The van der Waals surface area contributed by atoms with E-state index >= 15 is 0 Å². The van der Waals surface area contributed by atoms with Gasteiger partial charge >= 0.3 is 0 Å². The van der Waals surface area contributed by atoms with Crippen molar-refractivity contribution in [1.29, 1.82) is 0 Å². The Morgan fingerprint density at radius 2 is 2.23 bits per heavy atom. The van der Waals surface area contributed by atoms with Gasteiger partial charge in [0.1, 0.15) is 0 Å². The van der Waals surface area contributed by atoms with Gasteiger partial charge in [0.15, 0.2) is 0 Å². The molecule has 1 aromatic rings. The molecular weight excluding hydrogens is 166 g/mol. The summed E-state index contributed by atoms with van der Waals surface area (Å²) in [5, 5.41) is 4.28. The van der Waals surface area contributed by atoms with E-state index in [1.54, 1.807) is 6.20 Å². The van der Waals surface area contributed by atoms with Gasteiger partial charge in [-0.15, -0.1) is 0 Å². The van der Waals surface area contributed by atoms with Crippen LogP contribution in [0.2, 0.25) is 0 Å². The van der Waals surface area contributed by atoms with Crippen molar-refractivity contribution < 1.29 is 4.74 Å². The summed E-state index contributed by atoms with van der Waals surface area (Å²) in [5.41, 5.74) is 7.59. The Morgan fingerprint density at radius 1 is 1.54 bits per heavy atom. The topological polar surface area (TPSA) is 53.1 Å². The molecule has 4 heteroatoms. The fourth-order valence-corrected chi connectivity index (χ4v) is 1.73. The number of nitrogens with zero attached hydrogens (tertiary/aromatic N) is 2. The molecule has 1 aliphatic rings. The van der Waals surface area contributed by atoms with Gasteiger partial charge in [-0.05, 0) is 19.8 Å². The molecule has 0 aliphatic carbocycles. The van der Waals surface area contributed by atoms with Crippen molar-refractivity contribution >= 4 is 5.69 Å². The van der Waals surface area contributed by atoms with Crippen LogP contribution in [0.1, 0.15) is 24.6 Å². The molecule has 2 rings (SSSR count). The third kappa shape index (κ3) is 1.54. The molecule has 0 amide bonds. The molecule has 1 aromatic heterocycles. The SMILES string of the molecule is Cc1c(N)cnn1C1CCOCC1. The van der Waals surface area contributed by atoms with Gasteiger partial charge in [0.05, 0.1) is 23.6 Å². The number of nitrogen functional groups attached to an aromatic ring is 1. The number of hydrogen-bond acceptors (Lipinski definition) is 3.